The van der Waals surface area contributed by atoms with Crippen LogP contribution in [0.1, 0.15) is 22.7 Å². The van der Waals surface area contributed by atoms with E-state index < -0.39 is 17.7 Å². The predicted octanol–water partition coefficient (Wildman–Crippen LogP) is 5.08. The number of likely N-dealkylation sites (tertiary alicyclic amines) is 1. The van der Waals surface area contributed by atoms with Gasteiger partial charge in [-0.05, 0) is 41.5 Å². The van der Waals surface area contributed by atoms with Crippen molar-refractivity contribution in [3.63, 3.8) is 0 Å². The van der Waals surface area contributed by atoms with Gasteiger partial charge in [0.15, 0.2) is 5.75 Å². The largest absolute Gasteiger partial charge is 0.507 e. The summed E-state index contributed by atoms with van der Waals surface area (Å²) in [6.45, 7) is 0.138. The highest BCUT2D eigenvalue weighted by molar-refractivity contribution is 6.46. The molecule has 1 unspecified atom stereocenters. The van der Waals surface area contributed by atoms with E-state index in [-0.39, 0.29) is 39.2 Å². The number of halogens is 2. The molecule has 0 spiro atoms. The minimum absolute atomic E-state index is 0.0474. The van der Waals surface area contributed by atoms with Crippen LogP contribution in [0.4, 0.5) is 5.69 Å². The minimum Gasteiger partial charge on any atom is -0.507 e. The van der Waals surface area contributed by atoms with Crippen molar-refractivity contribution in [3.8, 4) is 5.75 Å². The van der Waals surface area contributed by atoms with Gasteiger partial charge < -0.3 is 19.6 Å². The van der Waals surface area contributed by atoms with Crippen molar-refractivity contribution >= 4 is 46.3 Å². The second-order valence-electron chi connectivity index (χ2n) is 8.25. The average molecular weight is 512 g/mol. The molecule has 0 saturated carbocycles. The predicted molar refractivity (Wildman–Crippen MR) is 136 cm³/mol. The Balaban J connectivity index is 1.88. The fourth-order valence-corrected chi connectivity index (χ4v) is 4.72. The Morgan fingerprint density at radius 2 is 1.77 bits per heavy atom. The fraction of sp³-hybridized carbons (Fsp3) is 0.192. The van der Waals surface area contributed by atoms with Gasteiger partial charge in [0, 0.05) is 44.3 Å². The van der Waals surface area contributed by atoms with Crippen molar-refractivity contribution in [1.29, 1.82) is 0 Å². The lowest BCUT2D eigenvalue weighted by atomic mass is 9.95. The molecule has 4 rings (SSSR count). The Morgan fingerprint density at radius 3 is 2.31 bits per heavy atom. The number of benzene rings is 2. The number of ketones is 1. The smallest absolute Gasteiger partial charge is 0.295 e. The van der Waals surface area contributed by atoms with Gasteiger partial charge in [0.25, 0.3) is 11.7 Å². The summed E-state index contributed by atoms with van der Waals surface area (Å²) >= 11 is 12.5. The second kappa shape index (κ2) is 9.98. The lowest BCUT2D eigenvalue weighted by Gasteiger charge is -2.26. The SMILES string of the molecule is COc1c(Cl)cc(/C(O)=C2\C(=O)C(=O)N(Cc3cccnc3)C2c2ccc(N(C)C)cc2)cc1Cl. The molecule has 1 amide bonds. The molecule has 2 heterocycles. The van der Waals surface area contributed by atoms with Gasteiger partial charge in [0.1, 0.15) is 5.76 Å². The number of rotatable bonds is 6. The highest BCUT2D eigenvalue weighted by Crippen LogP contribution is 2.42. The van der Waals surface area contributed by atoms with Crippen molar-refractivity contribution in [1.82, 2.24) is 9.88 Å². The van der Waals surface area contributed by atoms with E-state index in [0.29, 0.717) is 5.56 Å². The monoisotopic (exact) mass is 511 g/mol. The number of methoxy groups -OCH3 is 1. The first-order valence-corrected chi connectivity index (χ1v) is 11.5. The maximum absolute atomic E-state index is 13.2. The summed E-state index contributed by atoms with van der Waals surface area (Å²) in [6.07, 6.45) is 3.26. The van der Waals surface area contributed by atoms with Crippen LogP contribution in [0.25, 0.3) is 5.76 Å². The topological polar surface area (TPSA) is 83.0 Å². The van der Waals surface area contributed by atoms with Crippen LogP contribution in [0.5, 0.6) is 5.75 Å². The third-order valence-electron chi connectivity index (χ3n) is 5.82. The van der Waals surface area contributed by atoms with Gasteiger partial charge in [-0.2, -0.15) is 0 Å². The highest BCUT2D eigenvalue weighted by Gasteiger charge is 2.46. The molecule has 2 aromatic carbocycles. The first-order valence-electron chi connectivity index (χ1n) is 10.7. The Bertz CT molecular complexity index is 1280. The quantitative estimate of drug-likeness (QED) is 0.282. The normalized spacial score (nSPS) is 17.1. The Morgan fingerprint density at radius 1 is 1.11 bits per heavy atom. The number of hydrogen-bond donors (Lipinski definition) is 1. The number of carbonyl (C=O) groups excluding carboxylic acids is 2. The van der Waals surface area contributed by atoms with Crippen LogP contribution < -0.4 is 9.64 Å². The van der Waals surface area contributed by atoms with E-state index in [9.17, 15) is 14.7 Å². The third kappa shape index (κ3) is 4.70. The number of aliphatic hydroxyl groups excluding tert-OH is 1. The second-order valence-corrected chi connectivity index (χ2v) is 9.06. The lowest BCUT2D eigenvalue weighted by Crippen LogP contribution is -2.29. The third-order valence-corrected chi connectivity index (χ3v) is 6.38. The van der Waals surface area contributed by atoms with Gasteiger partial charge in [-0.1, -0.05) is 41.4 Å². The van der Waals surface area contributed by atoms with Gasteiger partial charge >= 0.3 is 0 Å². The van der Waals surface area contributed by atoms with Crippen LogP contribution >= 0.6 is 23.2 Å². The first-order chi connectivity index (χ1) is 16.7. The lowest BCUT2D eigenvalue weighted by molar-refractivity contribution is -0.140. The van der Waals surface area contributed by atoms with Crippen LogP contribution in [-0.4, -0.2) is 47.9 Å². The van der Waals surface area contributed by atoms with Crippen molar-refractivity contribution in [3.05, 3.63) is 93.2 Å². The summed E-state index contributed by atoms with van der Waals surface area (Å²) in [5.41, 5.74) is 2.53. The molecule has 180 valence electrons. The van der Waals surface area contributed by atoms with E-state index in [1.165, 1.54) is 24.1 Å². The molecular weight excluding hydrogens is 489 g/mol. The highest BCUT2D eigenvalue weighted by atomic mass is 35.5. The van der Waals surface area contributed by atoms with Crippen LogP contribution in [0.15, 0.2) is 66.5 Å². The number of nitrogens with zero attached hydrogens (tertiary/aromatic N) is 3. The standard InChI is InChI=1S/C26H23Cl2N3O4/c1-30(2)18-8-6-16(7-9-18)22-21(23(32)17-11-19(27)25(35-3)20(28)12-17)24(33)26(34)31(22)14-15-5-4-10-29-13-15/h4-13,22,32H,14H2,1-3H3/b23-21+. The van der Waals surface area contributed by atoms with Gasteiger partial charge in [0.05, 0.1) is 28.8 Å². The summed E-state index contributed by atoms with van der Waals surface area (Å²) in [6, 6.07) is 13.1. The van der Waals surface area contributed by atoms with E-state index >= 15 is 0 Å². The van der Waals surface area contributed by atoms with Gasteiger partial charge in [-0.15, -0.1) is 0 Å². The maximum atomic E-state index is 13.2. The number of anilines is 1. The van der Waals surface area contributed by atoms with Crippen LogP contribution in [0, 0.1) is 0 Å². The molecule has 7 nitrogen and oxygen atoms in total. The van der Waals surface area contributed by atoms with Crippen molar-refractivity contribution in [2.24, 2.45) is 0 Å². The Hall–Kier alpha value is -3.55. The maximum Gasteiger partial charge on any atom is 0.295 e. The Labute approximate surface area is 213 Å². The van der Waals surface area contributed by atoms with Crippen LogP contribution in [-0.2, 0) is 16.1 Å². The van der Waals surface area contributed by atoms with Gasteiger partial charge in [-0.25, -0.2) is 0 Å². The van der Waals surface area contributed by atoms with Crippen molar-refractivity contribution in [2.45, 2.75) is 12.6 Å². The summed E-state index contributed by atoms with van der Waals surface area (Å²) < 4.78 is 5.18. The molecule has 0 aliphatic carbocycles. The van der Waals surface area contributed by atoms with Crippen molar-refractivity contribution < 1.29 is 19.4 Å². The van der Waals surface area contributed by atoms with E-state index in [0.717, 1.165) is 11.3 Å². The van der Waals surface area contributed by atoms with E-state index in [4.69, 9.17) is 27.9 Å². The number of Topliss-reactive ketones (excluding diaryl/α,β-unsaturated/α-hetero) is 1. The zero-order valence-electron chi connectivity index (χ0n) is 19.3. The van der Waals surface area contributed by atoms with Gasteiger partial charge in [0.2, 0.25) is 0 Å². The molecule has 9 heteroatoms. The molecule has 0 bridgehead atoms. The number of ether oxygens (including phenoxy) is 1. The number of aliphatic hydroxyl groups is 1. The van der Waals surface area contributed by atoms with Crippen LogP contribution in [0.3, 0.4) is 0 Å². The molecule has 1 aromatic heterocycles. The number of amides is 1. The van der Waals surface area contributed by atoms with Crippen LogP contribution in [0.2, 0.25) is 10.0 Å². The molecule has 3 aromatic rings. The molecule has 1 saturated heterocycles. The molecule has 35 heavy (non-hydrogen) atoms. The summed E-state index contributed by atoms with van der Waals surface area (Å²) in [5, 5.41) is 11.6. The number of hydrogen-bond acceptors (Lipinski definition) is 6. The zero-order chi connectivity index (χ0) is 25.3. The van der Waals surface area contributed by atoms with Gasteiger partial charge in [-0.3, -0.25) is 14.6 Å². The molecule has 1 fully saturated rings. The van der Waals surface area contributed by atoms with Crippen molar-refractivity contribution in [2.75, 3.05) is 26.1 Å². The van der Waals surface area contributed by atoms with E-state index in [1.54, 1.807) is 18.5 Å². The Kier molecular flexibility index (Phi) is 7.00. The minimum atomic E-state index is -0.828. The zero-order valence-corrected chi connectivity index (χ0v) is 20.8. The average Bonchev–Trinajstić information content (AvgIpc) is 3.09. The molecule has 1 N–H and O–H groups in total. The molecule has 0 radical (unpaired) electrons. The fourth-order valence-electron chi connectivity index (χ4n) is 4.08. The summed E-state index contributed by atoms with van der Waals surface area (Å²) in [5.74, 6) is -1.64. The molecule has 1 atom stereocenters. The molecule has 1 aliphatic heterocycles. The number of carbonyl (C=O) groups is 2. The molecule has 1 aliphatic rings. The number of pyridine rings is 1. The number of aromatic nitrogens is 1. The molecular formula is C26H23Cl2N3O4. The van der Waals surface area contributed by atoms with E-state index in [2.05, 4.69) is 4.98 Å². The summed E-state index contributed by atoms with van der Waals surface area (Å²) in [4.78, 5) is 33.9. The summed E-state index contributed by atoms with van der Waals surface area (Å²) in [7, 11) is 5.26. The first kappa shape index (κ1) is 24.6. The van der Waals surface area contributed by atoms with E-state index in [1.807, 2.05) is 49.3 Å².